The summed E-state index contributed by atoms with van der Waals surface area (Å²) >= 11 is 0. The second-order valence-corrected chi connectivity index (χ2v) is 7.00. The van der Waals surface area contributed by atoms with Crippen molar-refractivity contribution in [3.8, 4) is 0 Å². The number of hydrogen-bond donors (Lipinski definition) is 0. The number of fused-ring (bicyclic) bond motifs is 1. The van der Waals surface area contributed by atoms with Crippen molar-refractivity contribution in [1.29, 1.82) is 0 Å². The van der Waals surface area contributed by atoms with Crippen LogP contribution in [0.3, 0.4) is 0 Å². The standard InChI is InChI=1S/C21H23NO3/c1-21(2)23-13-17-18(14-24-21)25-20(16-11-7-4-8-12-16)22-19(17)15-9-5-3-6-10-15/h3-12,17-19H,13-14H2,1-2H3/t17-,18-,19+/m1/s1. The Balaban J connectivity index is 1.73. The van der Waals surface area contributed by atoms with Crippen LogP contribution in [0.1, 0.15) is 31.0 Å². The van der Waals surface area contributed by atoms with Crippen LogP contribution in [-0.2, 0) is 14.2 Å². The first-order valence-corrected chi connectivity index (χ1v) is 8.75. The molecule has 2 aromatic rings. The molecule has 4 nitrogen and oxygen atoms in total. The molecule has 1 fully saturated rings. The zero-order chi connectivity index (χ0) is 17.3. The Labute approximate surface area is 148 Å². The van der Waals surface area contributed by atoms with E-state index in [1.807, 2.05) is 50.2 Å². The Hall–Kier alpha value is -2.17. The van der Waals surface area contributed by atoms with E-state index >= 15 is 0 Å². The largest absolute Gasteiger partial charge is 0.471 e. The van der Waals surface area contributed by atoms with Crippen molar-refractivity contribution in [3.63, 3.8) is 0 Å². The third-order valence-corrected chi connectivity index (χ3v) is 4.78. The summed E-state index contributed by atoms with van der Waals surface area (Å²) in [6.45, 7) is 4.94. The summed E-state index contributed by atoms with van der Waals surface area (Å²) in [4.78, 5) is 4.95. The molecule has 130 valence electrons. The molecule has 1 saturated heterocycles. The highest BCUT2D eigenvalue weighted by molar-refractivity contribution is 5.94. The van der Waals surface area contributed by atoms with E-state index in [9.17, 15) is 0 Å². The van der Waals surface area contributed by atoms with Crippen molar-refractivity contribution in [2.24, 2.45) is 10.9 Å². The van der Waals surface area contributed by atoms with Gasteiger partial charge in [-0.15, -0.1) is 0 Å². The Kier molecular flexibility index (Phi) is 4.32. The molecule has 3 atom stereocenters. The summed E-state index contributed by atoms with van der Waals surface area (Å²) in [6, 6.07) is 20.4. The van der Waals surface area contributed by atoms with E-state index in [4.69, 9.17) is 19.2 Å². The highest BCUT2D eigenvalue weighted by Crippen LogP contribution is 2.38. The SMILES string of the molecule is CC1(C)OC[C@@H]2[C@@H](CO1)OC(c1ccccc1)=N[C@H]2c1ccccc1. The van der Waals surface area contributed by atoms with Crippen molar-refractivity contribution < 1.29 is 14.2 Å². The van der Waals surface area contributed by atoms with Gasteiger partial charge in [0.25, 0.3) is 0 Å². The van der Waals surface area contributed by atoms with Crippen molar-refractivity contribution in [1.82, 2.24) is 0 Å². The van der Waals surface area contributed by atoms with Gasteiger partial charge in [-0.3, -0.25) is 0 Å². The van der Waals surface area contributed by atoms with Gasteiger partial charge in [-0.25, -0.2) is 4.99 Å². The Morgan fingerprint density at radius 3 is 2.24 bits per heavy atom. The smallest absolute Gasteiger partial charge is 0.217 e. The van der Waals surface area contributed by atoms with Crippen LogP contribution in [0, 0.1) is 5.92 Å². The highest BCUT2D eigenvalue weighted by Gasteiger charge is 2.42. The molecule has 0 amide bonds. The number of ether oxygens (including phenoxy) is 3. The lowest BCUT2D eigenvalue weighted by molar-refractivity contribution is -0.203. The molecule has 2 aliphatic rings. The third-order valence-electron chi connectivity index (χ3n) is 4.78. The van der Waals surface area contributed by atoms with E-state index < -0.39 is 5.79 Å². The van der Waals surface area contributed by atoms with Crippen LogP contribution >= 0.6 is 0 Å². The van der Waals surface area contributed by atoms with Gasteiger partial charge in [0.2, 0.25) is 5.90 Å². The van der Waals surface area contributed by atoms with Crippen molar-refractivity contribution in [2.45, 2.75) is 31.8 Å². The fraction of sp³-hybridized carbons (Fsp3) is 0.381. The van der Waals surface area contributed by atoms with Crippen molar-refractivity contribution in [3.05, 3.63) is 71.8 Å². The van der Waals surface area contributed by atoms with Gasteiger partial charge >= 0.3 is 0 Å². The summed E-state index contributed by atoms with van der Waals surface area (Å²) in [5.74, 6) is 0.199. The molecular weight excluding hydrogens is 314 g/mol. The first-order valence-electron chi connectivity index (χ1n) is 8.75. The fourth-order valence-corrected chi connectivity index (χ4v) is 3.36. The highest BCUT2D eigenvalue weighted by atomic mass is 16.7. The zero-order valence-electron chi connectivity index (χ0n) is 14.6. The van der Waals surface area contributed by atoms with Crippen LogP contribution in [0.2, 0.25) is 0 Å². The minimum atomic E-state index is -0.602. The maximum absolute atomic E-state index is 6.25. The molecule has 0 radical (unpaired) electrons. The molecule has 2 heterocycles. The predicted octanol–water partition coefficient (Wildman–Crippen LogP) is 3.97. The van der Waals surface area contributed by atoms with Crippen LogP contribution in [-0.4, -0.2) is 31.0 Å². The first-order chi connectivity index (χ1) is 12.1. The number of hydrogen-bond acceptors (Lipinski definition) is 4. The van der Waals surface area contributed by atoms with E-state index in [0.717, 1.165) is 5.56 Å². The van der Waals surface area contributed by atoms with Gasteiger partial charge in [0.15, 0.2) is 5.79 Å². The van der Waals surface area contributed by atoms with Crippen molar-refractivity contribution in [2.75, 3.05) is 13.2 Å². The minimum Gasteiger partial charge on any atom is -0.471 e. The Morgan fingerprint density at radius 1 is 0.880 bits per heavy atom. The molecule has 0 bridgehead atoms. The monoisotopic (exact) mass is 337 g/mol. The quantitative estimate of drug-likeness (QED) is 0.832. The van der Waals surface area contributed by atoms with Crippen LogP contribution in [0.25, 0.3) is 0 Å². The van der Waals surface area contributed by atoms with Gasteiger partial charge in [-0.05, 0) is 31.5 Å². The van der Waals surface area contributed by atoms with E-state index in [-0.39, 0.29) is 18.1 Å². The molecular formula is C21H23NO3. The fourth-order valence-electron chi connectivity index (χ4n) is 3.36. The van der Waals surface area contributed by atoms with Gasteiger partial charge < -0.3 is 14.2 Å². The Morgan fingerprint density at radius 2 is 1.52 bits per heavy atom. The Bertz CT molecular complexity index is 742. The molecule has 2 aliphatic heterocycles. The summed E-state index contributed by atoms with van der Waals surface area (Å²) in [5, 5.41) is 0. The molecule has 0 N–H and O–H groups in total. The lowest BCUT2D eigenvalue weighted by Gasteiger charge is -2.35. The third kappa shape index (κ3) is 3.46. The molecule has 0 spiro atoms. The van der Waals surface area contributed by atoms with Gasteiger partial charge in [0.05, 0.1) is 19.3 Å². The summed E-state index contributed by atoms with van der Waals surface area (Å²) in [5.41, 5.74) is 2.17. The lowest BCUT2D eigenvalue weighted by atomic mass is 9.88. The second-order valence-electron chi connectivity index (χ2n) is 7.00. The average molecular weight is 337 g/mol. The second kappa shape index (κ2) is 6.62. The topological polar surface area (TPSA) is 40.0 Å². The van der Waals surface area contributed by atoms with Gasteiger partial charge in [-0.1, -0.05) is 48.5 Å². The molecule has 4 rings (SSSR count). The average Bonchev–Trinajstić information content (AvgIpc) is 2.81. The summed E-state index contributed by atoms with van der Waals surface area (Å²) in [6.07, 6.45) is -0.0836. The number of rotatable bonds is 2. The summed E-state index contributed by atoms with van der Waals surface area (Å²) in [7, 11) is 0. The molecule has 25 heavy (non-hydrogen) atoms. The zero-order valence-corrected chi connectivity index (χ0v) is 14.6. The van der Waals surface area contributed by atoms with E-state index in [1.165, 1.54) is 5.56 Å². The molecule has 0 unspecified atom stereocenters. The number of benzene rings is 2. The van der Waals surface area contributed by atoms with E-state index in [1.54, 1.807) is 0 Å². The van der Waals surface area contributed by atoms with Crippen LogP contribution < -0.4 is 0 Å². The summed E-state index contributed by atoms with van der Waals surface area (Å²) < 4.78 is 18.2. The van der Waals surface area contributed by atoms with Crippen LogP contribution in [0.5, 0.6) is 0 Å². The lowest BCUT2D eigenvalue weighted by Crippen LogP contribution is -2.39. The predicted molar refractivity (Wildman–Crippen MR) is 96.5 cm³/mol. The van der Waals surface area contributed by atoms with E-state index in [0.29, 0.717) is 19.1 Å². The minimum absolute atomic E-state index is 0.00680. The maximum atomic E-state index is 6.25. The molecule has 0 saturated carbocycles. The van der Waals surface area contributed by atoms with Crippen LogP contribution in [0.15, 0.2) is 65.7 Å². The maximum Gasteiger partial charge on any atom is 0.217 e. The molecule has 2 aromatic carbocycles. The number of nitrogens with zero attached hydrogens (tertiary/aromatic N) is 1. The van der Waals surface area contributed by atoms with Gasteiger partial charge in [-0.2, -0.15) is 0 Å². The normalized spacial score (nSPS) is 28.2. The van der Waals surface area contributed by atoms with Gasteiger partial charge in [0, 0.05) is 11.5 Å². The molecule has 0 aliphatic carbocycles. The molecule has 0 aromatic heterocycles. The van der Waals surface area contributed by atoms with Crippen LogP contribution in [0.4, 0.5) is 0 Å². The van der Waals surface area contributed by atoms with E-state index in [2.05, 4.69) is 24.3 Å². The van der Waals surface area contributed by atoms with Crippen molar-refractivity contribution >= 4 is 5.90 Å². The number of aliphatic imine (C=N–C) groups is 1. The first kappa shape index (κ1) is 16.3. The molecule has 4 heteroatoms. The van der Waals surface area contributed by atoms with Gasteiger partial charge in [0.1, 0.15) is 6.10 Å².